The minimum absolute atomic E-state index is 0.250. The maximum atomic E-state index is 10.4. The quantitative estimate of drug-likeness (QED) is 0.657. The van der Waals surface area contributed by atoms with Gasteiger partial charge in [0.15, 0.2) is 0 Å². The third-order valence-electron chi connectivity index (χ3n) is 2.04. The van der Waals surface area contributed by atoms with Crippen LogP contribution in [0.15, 0.2) is 6.20 Å². The van der Waals surface area contributed by atoms with Crippen LogP contribution in [0, 0.1) is 13.8 Å². The molecule has 1 rings (SSSR count). The highest BCUT2D eigenvalue weighted by Gasteiger charge is 2.17. The third kappa shape index (κ3) is 2.09. The van der Waals surface area contributed by atoms with Gasteiger partial charge >= 0.3 is 5.97 Å². The van der Waals surface area contributed by atoms with Crippen molar-refractivity contribution in [3.8, 4) is 0 Å². The Kier molecular flexibility index (Phi) is 2.72. The third-order valence-corrected chi connectivity index (χ3v) is 2.04. The summed E-state index contributed by atoms with van der Waals surface area (Å²) in [5.74, 6) is -0.993. The van der Waals surface area contributed by atoms with Gasteiger partial charge in [0.25, 0.3) is 0 Å². The van der Waals surface area contributed by atoms with Crippen molar-refractivity contribution in [2.24, 2.45) is 0 Å². The molecule has 0 spiro atoms. The van der Waals surface area contributed by atoms with Crippen LogP contribution in [0.4, 0.5) is 0 Å². The highest BCUT2D eigenvalue weighted by molar-refractivity contribution is 5.67. The molecule has 0 aromatic carbocycles. The fraction of sp³-hybridized carbons (Fsp3) is 0.444. The lowest BCUT2D eigenvalue weighted by Gasteiger charge is -2.08. The molecule has 0 amide bonds. The molecule has 3 N–H and O–H groups in total. The summed E-state index contributed by atoms with van der Waals surface area (Å²) in [6, 6.07) is 0. The molecular formula is C9H13NO3. The molecule has 1 heterocycles. The molecule has 0 aliphatic rings. The van der Waals surface area contributed by atoms with E-state index < -0.39 is 12.1 Å². The van der Waals surface area contributed by atoms with Crippen molar-refractivity contribution in [2.75, 3.05) is 0 Å². The Morgan fingerprint density at radius 2 is 2.23 bits per heavy atom. The van der Waals surface area contributed by atoms with E-state index in [0.717, 1.165) is 11.3 Å². The van der Waals surface area contributed by atoms with E-state index >= 15 is 0 Å². The number of carboxylic acid groups (broad SMARTS) is 1. The molecule has 1 aromatic heterocycles. The number of nitrogens with one attached hydrogen (secondary N) is 1. The zero-order valence-electron chi connectivity index (χ0n) is 7.66. The van der Waals surface area contributed by atoms with E-state index in [1.165, 1.54) is 0 Å². The van der Waals surface area contributed by atoms with Gasteiger partial charge < -0.3 is 15.2 Å². The average Bonchev–Trinajstić information content (AvgIpc) is 2.29. The maximum Gasteiger partial charge on any atom is 0.306 e. The molecular weight excluding hydrogens is 170 g/mol. The molecule has 72 valence electrons. The molecule has 0 aliphatic heterocycles. The topological polar surface area (TPSA) is 73.3 Å². The summed E-state index contributed by atoms with van der Waals surface area (Å²) in [5.41, 5.74) is 2.42. The Labute approximate surface area is 76.2 Å². The minimum atomic E-state index is -0.993. The Bertz CT molecular complexity index is 297. The number of rotatable bonds is 3. The number of aliphatic carboxylic acids is 1. The average molecular weight is 183 g/mol. The zero-order valence-corrected chi connectivity index (χ0v) is 7.66. The Balaban J connectivity index is 2.87. The number of carbonyl (C=O) groups is 1. The van der Waals surface area contributed by atoms with Crippen LogP contribution < -0.4 is 0 Å². The van der Waals surface area contributed by atoms with Crippen LogP contribution in [0.5, 0.6) is 0 Å². The molecule has 4 heteroatoms. The molecule has 0 bridgehead atoms. The van der Waals surface area contributed by atoms with Gasteiger partial charge in [-0.05, 0) is 19.4 Å². The van der Waals surface area contributed by atoms with Gasteiger partial charge in [-0.1, -0.05) is 0 Å². The number of H-pyrrole nitrogens is 1. The van der Waals surface area contributed by atoms with E-state index in [9.17, 15) is 9.90 Å². The first-order chi connectivity index (χ1) is 6.02. The van der Waals surface area contributed by atoms with E-state index in [-0.39, 0.29) is 6.42 Å². The van der Waals surface area contributed by atoms with Crippen molar-refractivity contribution in [3.63, 3.8) is 0 Å². The monoisotopic (exact) mass is 183 g/mol. The molecule has 1 aromatic rings. The SMILES string of the molecule is Cc1c[nH]c(C)c1[C@@H](O)CC(=O)O. The first kappa shape index (κ1) is 9.80. The fourth-order valence-electron chi connectivity index (χ4n) is 1.45. The second-order valence-electron chi connectivity index (χ2n) is 3.12. The van der Waals surface area contributed by atoms with Gasteiger partial charge in [-0.25, -0.2) is 0 Å². The summed E-state index contributed by atoms with van der Waals surface area (Å²) >= 11 is 0. The van der Waals surface area contributed by atoms with Crippen LogP contribution >= 0.6 is 0 Å². The molecule has 0 radical (unpaired) electrons. The summed E-state index contributed by atoms with van der Waals surface area (Å²) < 4.78 is 0. The molecule has 0 fully saturated rings. The van der Waals surface area contributed by atoms with Crippen LogP contribution in [0.2, 0.25) is 0 Å². The highest BCUT2D eigenvalue weighted by Crippen LogP contribution is 2.23. The Morgan fingerprint density at radius 3 is 2.62 bits per heavy atom. The molecule has 0 saturated carbocycles. The lowest BCUT2D eigenvalue weighted by Crippen LogP contribution is -2.06. The largest absolute Gasteiger partial charge is 0.481 e. The summed E-state index contributed by atoms with van der Waals surface area (Å²) in [7, 11) is 0. The normalized spacial score (nSPS) is 12.8. The predicted molar refractivity (Wildman–Crippen MR) is 47.5 cm³/mol. The fourth-order valence-corrected chi connectivity index (χ4v) is 1.45. The molecule has 0 unspecified atom stereocenters. The van der Waals surface area contributed by atoms with Crippen molar-refractivity contribution in [3.05, 3.63) is 23.0 Å². The first-order valence-corrected chi connectivity index (χ1v) is 4.06. The van der Waals surface area contributed by atoms with Crippen LogP contribution in [0.25, 0.3) is 0 Å². The summed E-state index contributed by atoms with van der Waals surface area (Å²) in [6.07, 6.45) is 0.596. The minimum Gasteiger partial charge on any atom is -0.481 e. The Morgan fingerprint density at radius 1 is 1.62 bits per heavy atom. The number of aliphatic hydroxyl groups excluding tert-OH is 1. The standard InChI is InChI=1S/C9H13NO3/c1-5-4-10-6(2)9(5)7(11)3-8(12)13/h4,7,10-11H,3H2,1-2H3,(H,12,13)/t7-/m0/s1. The van der Waals surface area contributed by atoms with Gasteiger partial charge in [-0.15, -0.1) is 0 Å². The van der Waals surface area contributed by atoms with Gasteiger partial charge in [0.2, 0.25) is 0 Å². The maximum absolute atomic E-state index is 10.4. The molecule has 0 saturated heterocycles. The van der Waals surface area contributed by atoms with Crippen molar-refractivity contribution in [2.45, 2.75) is 26.4 Å². The molecule has 4 nitrogen and oxygen atoms in total. The lowest BCUT2D eigenvalue weighted by molar-refractivity contribution is -0.139. The summed E-state index contributed by atoms with van der Waals surface area (Å²) in [5, 5.41) is 18.0. The summed E-state index contributed by atoms with van der Waals surface area (Å²) in [6.45, 7) is 3.65. The molecule has 0 aliphatic carbocycles. The van der Waals surface area contributed by atoms with Gasteiger partial charge in [-0.2, -0.15) is 0 Å². The van der Waals surface area contributed by atoms with Crippen LogP contribution in [0.3, 0.4) is 0 Å². The van der Waals surface area contributed by atoms with E-state index in [4.69, 9.17) is 5.11 Å². The number of hydrogen-bond donors (Lipinski definition) is 3. The number of carboxylic acids is 1. The van der Waals surface area contributed by atoms with Gasteiger partial charge in [0.1, 0.15) is 0 Å². The number of aromatic amines is 1. The van der Waals surface area contributed by atoms with Crippen LogP contribution in [-0.4, -0.2) is 21.2 Å². The summed E-state index contributed by atoms with van der Waals surface area (Å²) in [4.78, 5) is 13.3. The number of aryl methyl sites for hydroxylation is 2. The van der Waals surface area contributed by atoms with Crippen molar-refractivity contribution < 1.29 is 15.0 Å². The molecule has 1 atom stereocenters. The van der Waals surface area contributed by atoms with Crippen LogP contribution in [-0.2, 0) is 4.79 Å². The van der Waals surface area contributed by atoms with Crippen molar-refractivity contribution in [1.82, 2.24) is 4.98 Å². The predicted octanol–water partition coefficient (Wildman–Crippen LogP) is 1.14. The van der Waals surface area contributed by atoms with Crippen molar-refractivity contribution >= 4 is 5.97 Å². The van der Waals surface area contributed by atoms with Gasteiger partial charge in [-0.3, -0.25) is 4.79 Å². The highest BCUT2D eigenvalue weighted by atomic mass is 16.4. The lowest BCUT2D eigenvalue weighted by atomic mass is 10.0. The van der Waals surface area contributed by atoms with Gasteiger partial charge in [0, 0.05) is 17.5 Å². The first-order valence-electron chi connectivity index (χ1n) is 4.06. The number of hydrogen-bond acceptors (Lipinski definition) is 2. The van der Waals surface area contributed by atoms with Crippen molar-refractivity contribution in [1.29, 1.82) is 0 Å². The van der Waals surface area contributed by atoms with E-state index in [1.54, 1.807) is 6.20 Å². The van der Waals surface area contributed by atoms with E-state index in [0.29, 0.717) is 5.56 Å². The Hall–Kier alpha value is -1.29. The number of aliphatic hydroxyl groups is 1. The van der Waals surface area contributed by atoms with Crippen LogP contribution in [0.1, 0.15) is 29.3 Å². The van der Waals surface area contributed by atoms with E-state index in [1.807, 2.05) is 13.8 Å². The zero-order chi connectivity index (χ0) is 10.0. The van der Waals surface area contributed by atoms with E-state index in [2.05, 4.69) is 4.98 Å². The second kappa shape index (κ2) is 3.62. The van der Waals surface area contributed by atoms with Gasteiger partial charge in [0.05, 0.1) is 12.5 Å². The second-order valence-corrected chi connectivity index (χ2v) is 3.12. The molecule has 13 heavy (non-hydrogen) atoms. The number of aromatic nitrogens is 1. The smallest absolute Gasteiger partial charge is 0.306 e.